The third-order valence-corrected chi connectivity index (χ3v) is 5.24. The summed E-state index contributed by atoms with van der Waals surface area (Å²) in [4.78, 5) is 14.5. The molecule has 1 aromatic heterocycles. The quantitative estimate of drug-likeness (QED) is 0.661. The van der Waals surface area contributed by atoms with Crippen LogP contribution in [0, 0.1) is 0 Å². The van der Waals surface area contributed by atoms with Crippen LogP contribution < -0.4 is 10.2 Å². The van der Waals surface area contributed by atoms with Crippen molar-refractivity contribution in [3.05, 3.63) is 72.3 Å². The van der Waals surface area contributed by atoms with Gasteiger partial charge >= 0.3 is 0 Å². The van der Waals surface area contributed by atoms with Crippen LogP contribution in [-0.2, 0) is 11.2 Å². The number of H-pyrrole nitrogens is 1. The summed E-state index contributed by atoms with van der Waals surface area (Å²) in [5, 5.41) is 10.8. The Morgan fingerprint density at radius 1 is 1.11 bits per heavy atom. The number of carbonyl (C=O) groups excluding carboxylic acids is 1. The molecule has 2 heterocycles. The molecule has 1 atom stereocenters. The molecule has 144 valence electrons. The molecule has 0 aliphatic carbocycles. The molecule has 4 rings (SSSR count). The zero-order chi connectivity index (χ0) is 19.2. The predicted molar refractivity (Wildman–Crippen MR) is 112 cm³/mol. The second-order valence-electron chi connectivity index (χ2n) is 7.34. The minimum absolute atomic E-state index is 0.148. The third kappa shape index (κ3) is 4.60. The summed E-state index contributed by atoms with van der Waals surface area (Å²) in [5.74, 6) is 1.09. The van der Waals surface area contributed by atoms with E-state index in [2.05, 4.69) is 50.7 Å². The van der Waals surface area contributed by atoms with Gasteiger partial charge in [-0.1, -0.05) is 60.7 Å². The van der Waals surface area contributed by atoms with Crippen molar-refractivity contribution < 1.29 is 4.79 Å². The number of aromatic amines is 1. The number of hydrogen-bond donors (Lipinski definition) is 2. The predicted octanol–water partition coefficient (Wildman–Crippen LogP) is 3.79. The van der Waals surface area contributed by atoms with Crippen LogP contribution in [-0.4, -0.2) is 35.2 Å². The molecule has 0 spiro atoms. The summed E-state index contributed by atoms with van der Waals surface area (Å²) in [7, 11) is 0. The number of aryl methyl sites for hydroxylation is 1. The van der Waals surface area contributed by atoms with Crippen molar-refractivity contribution in [2.75, 3.05) is 18.0 Å². The van der Waals surface area contributed by atoms with Crippen molar-refractivity contribution >= 4 is 11.7 Å². The first kappa shape index (κ1) is 18.3. The van der Waals surface area contributed by atoms with Gasteiger partial charge in [0.1, 0.15) is 0 Å². The lowest BCUT2D eigenvalue weighted by Gasteiger charge is -2.16. The Hall–Kier alpha value is -3.08. The Labute approximate surface area is 165 Å². The van der Waals surface area contributed by atoms with Gasteiger partial charge in [-0.3, -0.25) is 9.89 Å². The smallest absolute Gasteiger partial charge is 0.220 e. The number of amides is 1. The van der Waals surface area contributed by atoms with Gasteiger partial charge in [-0.25, -0.2) is 0 Å². The third-order valence-electron chi connectivity index (χ3n) is 5.24. The number of anilines is 1. The van der Waals surface area contributed by atoms with E-state index >= 15 is 0 Å². The first-order chi connectivity index (χ1) is 13.8. The maximum atomic E-state index is 12.3. The van der Waals surface area contributed by atoms with Crippen LogP contribution >= 0.6 is 0 Å². The fourth-order valence-corrected chi connectivity index (χ4v) is 3.72. The van der Waals surface area contributed by atoms with Crippen molar-refractivity contribution in [1.82, 2.24) is 15.5 Å². The normalized spacial score (nSPS) is 16.3. The average Bonchev–Trinajstić information content (AvgIpc) is 3.39. The highest BCUT2D eigenvalue weighted by atomic mass is 16.1. The zero-order valence-electron chi connectivity index (χ0n) is 16.0. The van der Waals surface area contributed by atoms with E-state index in [0.717, 1.165) is 49.4 Å². The van der Waals surface area contributed by atoms with E-state index in [1.807, 2.05) is 36.4 Å². The number of benzene rings is 2. The average molecular weight is 374 g/mol. The topological polar surface area (TPSA) is 61.0 Å². The van der Waals surface area contributed by atoms with Crippen LogP contribution in [0.5, 0.6) is 0 Å². The highest BCUT2D eigenvalue weighted by Gasteiger charge is 2.25. The van der Waals surface area contributed by atoms with Gasteiger partial charge in [-0.05, 0) is 30.4 Å². The maximum Gasteiger partial charge on any atom is 0.220 e. The van der Waals surface area contributed by atoms with Gasteiger partial charge in [0.05, 0.1) is 5.69 Å². The van der Waals surface area contributed by atoms with Gasteiger partial charge in [0.2, 0.25) is 5.91 Å². The molecule has 1 fully saturated rings. The molecule has 2 N–H and O–H groups in total. The summed E-state index contributed by atoms with van der Waals surface area (Å²) in [5.41, 5.74) is 3.43. The molecule has 5 nitrogen and oxygen atoms in total. The molecule has 0 bridgehead atoms. The Morgan fingerprint density at radius 3 is 2.64 bits per heavy atom. The lowest BCUT2D eigenvalue weighted by molar-refractivity contribution is -0.121. The first-order valence-corrected chi connectivity index (χ1v) is 9.97. The minimum Gasteiger partial charge on any atom is -0.353 e. The van der Waals surface area contributed by atoms with Gasteiger partial charge in [0.15, 0.2) is 5.82 Å². The van der Waals surface area contributed by atoms with Crippen LogP contribution in [0.3, 0.4) is 0 Å². The lowest BCUT2D eigenvalue weighted by Crippen LogP contribution is -2.37. The Morgan fingerprint density at radius 2 is 1.86 bits per heavy atom. The molecular formula is C23H26N4O. The summed E-state index contributed by atoms with van der Waals surface area (Å²) < 4.78 is 0. The summed E-state index contributed by atoms with van der Waals surface area (Å²) in [6.45, 7) is 1.72. The van der Waals surface area contributed by atoms with E-state index in [4.69, 9.17) is 0 Å². The molecule has 1 saturated heterocycles. The van der Waals surface area contributed by atoms with Crippen molar-refractivity contribution in [3.8, 4) is 11.3 Å². The van der Waals surface area contributed by atoms with Gasteiger partial charge in [0, 0.05) is 31.6 Å². The summed E-state index contributed by atoms with van der Waals surface area (Å²) >= 11 is 0. The van der Waals surface area contributed by atoms with Crippen LogP contribution in [0.2, 0.25) is 0 Å². The van der Waals surface area contributed by atoms with Crippen molar-refractivity contribution in [2.24, 2.45) is 0 Å². The molecule has 2 aromatic carbocycles. The molecule has 28 heavy (non-hydrogen) atoms. The van der Waals surface area contributed by atoms with Gasteiger partial charge < -0.3 is 10.2 Å². The Kier molecular flexibility index (Phi) is 5.71. The van der Waals surface area contributed by atoms with E-state index in [-0.39, 0.29) is 11.9 Å². The Balaban J connectivity index is 1.24. The molecule has 1 aliphatic rings. The van der Waals surface area contributed by atoms with Crippen LogP contribution in [0.15, 0.2) is 66.7 Å². The fraction of sp³-hybridized carbons (Fsp3) is 0.304. The number of aromatic nitrogens is 2. The largest absolute Gasteiger partial charge is 0.353 e. The van der Waals surface area contributed by atoms with E-state index in [1.54, 1.807) is 0 Å². The molecule has 1 amide bonds. The maximum absolute atomic E-state index is 12.3. The highest BCUT2D eigenvalue weighted by molar-refractivity contribution is 5.76. The number of rotatable bonds is 7. The fourth-order valence-electron chi connectivity index (χ4n) is 3.72. The van der Waals surface area contributed by atoms with Crippen LogP contribution in [0.4, 0.5) is 5.82 Å². The number of carbonyl (C=O) groups is 1. The van der Waals surface area contributed by atoms with Gasteiger partial charge in [-0.2, -0.15) is 5.10 Å². The lowest BCUT2D eigenvalue weighted by atomic mass is 10.1. The van der Waals surface area contributed by atoms with Crippen molar-refractivity contribution in [1.29, 1.82) is 0 Å². The number of nitrogens with zero attached hydrogens (tertiary/aromatic N) is 2. The highest BCUT2D eigenvalue weighted by Crippen LogP contribution is 2.24. The SMILES string of the molecule is O=C(CCCc1ccccc1)NC1CCN(c2cc(-c3ccccc3)[nH]n2)C1. The Bertz CT molecular complexity index is 891. The molecule has 1 unspecified atom stereocenters. The molecule has 5 heteroatoms. The van der Waals surface area contributed by atoms with Crippen LogP contribution in [0.25, 0.3) is 11.3 Å². The second kappa shape index (κ2) is 8.74. The number of nitrogens with one attached hydrogen (secondary N) is 2. The summed E-state index contributed by atoms with van der Waals surface area (Å²) in [6.07, 6.45) is 3.36. The molecular weight excluding hydrogens is 348 g/mol. The van der Waals surface area contributed by atoms with Crippen LogP contribution in [0.1, 0.15) is 24.8 Å². The minimum atomic E-state index is 0.148. The molecule has 3 aromatic rings. The monoisotopic (exact) mass is 374 g/mol. The van der Waals surface area contributed by atoms with E-state index in [1.165, 1.54) is 5.56 Å². The van der Waals surface area contributed by atoms with Gasteiger partial charge in [0.25, 0.3) is 0 Å². The van der Waals surface area contributed by atoms with Crippen molar-refractivity contribution in [2.45, 2.75) is 31.7 Å². The van der Waals surface area contributed by atoms with Gasteiger partial charge in [-0.15, -0.1) is 0 Å². The van der Waals surface area contributed by atoms with E-state index in [9.17, 15) is 4.79 Å². The zero-order valence-corrected chi connectivity index (χ0v) is 16.0. The second-order valence-corrected chi connectivity index (χ2v) is 7.34. The van der Waals surface area contributed by atoms with E-state index < -0.39 is 0 Å². The number of hydrogen-bond acceptors (Lipinski definition) is 3. The molecule has 0 radical (unpaired) electrons. The molecule has 0 saturated carbocycles. The first-order valence-electron chi connectivity index (χ1n) is 9.97. The summed E-state index contributed by atoms with van der Waals surface area (Å²) in [6, 6.07) is 22.8. The standard InChI is InChI=1S/C23H26N4O/c28-23(13-7-10-18-8-3-1-4-9-18)24-20-14-15-27(17-20)22-16-21(25-26-22)19-11-5-2-6-12-19/h1-6,8-9,11-12,16,20H,7,10,13-15,17H2,(H,24,28)(H,25,26). The van der Waals surface area contributed by atoms with E-state index in [0.29, 0.717) is 6.42 Å². The van der Waals surface area contributed by atoms with Crippen molar-refractivity contribution in [3.63, 3.8) is 0 Å². The molecule has 1 aliphatic heterocycles.